The number of anilines is 1. The normalized spacial score (nSPS) is 10.5. The molecule has 1 heteroatoms. The minimum atomic E-state index is 0.842. The molecule has 0 saturated heterocycles. The summed E-state index contributed by atoms with van der Waals surface area (Å²) in [5, 5.41) is 0. The van der Waals surface area contributed by atoms with Crippen LogP contribution in [0.25, 0.3) is 0 Å². The molecule has 0 aliphatic carbocycles. The van der Waals surface area contributed by atoms with E-state index in [0.29, 0.717) is 0 Å². The molecular formula is C17H21N. The fourth-order valence-corrected chi connectivity index (χ4v) is 2.12. The highest BCUT2D eigenvalue weighted by Gasteiger charge is 1.96. The second-order valence-electron chi connectivity index (χ2n) is 4.77. The van der Waals surface area contributed by atoms with Gasteiger partial charge in [0.25, 0.3) is 0 Å². The van der Waals surface area contributed by atoms with Gasteiger partial charge in [-0.25, -0.2) is 0 Å². The number of aryl methyl sites for hydroxylation is 3. The highest BCUT2D eigenvalue weighted by atomic mass is 14.5. The molecule has 0 fully saturated rings. The zero-order valence-electron chi connectivity index (χ0n) is 11.0. The van der Waals surface area contributed by atoms with Gasteiger partial charge in [-0.05, 0) is 54.5 Å². The van der Waals surface area contributed by atoms with Crippen LogP contribution in [0.1, 0.15) is 30.0 Å². The van der Waals surface area contributed by atoms with E-state index in [0.717, 1.165) is 24.9 Å². The van der Waals surface area contributed by atoms with Crippen molar-refractivity contribution in [2.24, 2.45) is 0 Å². The summed E-state index contributed by atoms with van der Waals surface area (Å²) >= 11 is 0. The average Bonchev–Trinajstić information content (AvgIpc) is 2.42. The lowest BCUT2D eigenvalue weighted by atomic mass is 10.0. The van der Waals surface area contributed by atoms with Crippen LogP contribution in [0.5, 0.6) is 0 Å². The predicted octanol–water partition coefficient (Wildman–Crippen LogP) is 4.01. The maximum Gasteiger partial charge on any atom is 0.0314 e. The Labute approximate surface area is 110 Å². The van der Waals surface area contributed by atoms with Crippen LogP contribution in [0, 0.1) is 0 Å². The van der Waals surface area contributed by atoms with Gasteiger partial charge in [0.2, 0.25) is 0 Å². The van der Waals surface area contributed by atoms with Crippen molar-refractivity contribution in [3.8, 4) is 0 Å². The van der Waals surface area contributed by atoms with Crippen molar-refractivity contribution in [3.63, 3.8) is 0 Å². The Morgan fingerprint density at radius 3 is 1.67 bits per heavy atom. The number of hydrogen-bond donors (Lipinski definition) is 1. The van der Waals surface area contributed by atoms with E-state index in [9.17, 15) is 0 Å². The van der Waals surface area contributed by atoms with Crippen molar-refractivity contribution in [1.29, 1.82) is 0 Å². The second-order valence-corrected chi connectivity index (χ2v) is 4.77. The van der Waals surface area contributed by atoms with Gasteiger partial charge in [-0.3, -0.25) is 0 Å². The van der Waals surface area contributed by atoms with Gasteiger partial charge in [-0.2, -0.15) is 0 Å². The van der Waals surface area contributed by atoms with Crippen LogP contribution >= 0.6 is 0 Å². The first kappa shape index (κ1) is 12.7. The molecule has 2 aromatic rings. The van der Waals surface area contributed by atoms with Gasteiger partial charge < -0.3 is 5.73 Å². The van der Waals surface area contributed by atoms with Gasteiger partial charge in [-0.1, -0.05) is 43.3 Å². The Balaban J connectivity index is 1.82. The summed E-state index contributed by atoms with van der Waals surface area (Å²) < 4.78 is 0. The zero-order chi connectivity index (χ0) is 12.8. The highest BCUT2D eigenvalue weighted by Crippen LogP contribution is 2.11. The fraction of sp³-hybridized carbons (Fsp3) is 0.294. The first-order valence-corrected chi connectivity index (χ1v) is 6.70. The smallest absolute Gasteiger partial charge is 0.0314 e. The molecule has 0 atom stereocenters. The van der Waals surface area contributed by atoms with Crippen LogP contribution in [0.15, 0.2) is 48.5 Å². The van der Waals surface area contributed by atoms with Gasteiger partial charge in [0, 0.05) is 5.69 Å². The molecule has 0 spiro atoms. The summed E-state index contributed by atoms with van der Waals surface area (Å²) in [6.45, 7) is 2.19. The maximum absolute atomic E-state index is 5.67. The molecule has 0 heterocycles. The van der Waals surface area contributed by atoms with Crippen LogP contribution < -0.4 is 5.73 Å². The van der Waals surface area contributed by atoms with E-state index in [1.54, 1.807) is 0 Å². The summed E-state index contributed by atoms with van der Waals surface area (Å²) in [4.78, 5) is 0. The Hall–Kier alpha value is -1.76. The van der Waals surface area contributed by atoms with E-state index in [2.05, 4.69) is 43.3 Å². The summed E-state index contributed by atoms with van der Waals surface area (Å²) in [6.07, 6.45) is 4.57. The minimum Gasteiger partial charge on any atom is -0.399 e. The first-order valence-electron chi connectivity index (χ1n) is 6.70. The Bertz CT molecular complexity index is 468. The highest BCUT2D eigenvalue weighted by molar-refractivity contribution is 5.39. The lowest BCUT2D eigenvalue weighted by Crippen LogP contribution is -1.91. The summed E-state index contributed by atoms with van der Waals surface area (Å²) in [6, 6.07) is 17.2. The third-order valence-corrected chi connectivity index (χ3v) is 3.34. The van der Waals surface area contributed by atoms with Crippen molar-refractivity contribution in [3.05, 3.63) is 65.2 Å². The van der Waals surface area contributed by atoms with E-state index in [-0.39, 0.29) is 0 Å². The molecule has 0 radical (unpaired) electrons. The largest absolute Gasteiger partial charge is 0.399 e. The fourth-order valence-electron chi connectivity index (χ4n) is 2.12. The molecule has 0 amide bonds. The monoisotopic (exact) mass is 239 g/mol. The molecule has 2 N–H and O–H groups in total. The van der Waals surface area contributed by atoms with Crippen LogP contribution in [-0.2, 0) is 19.3 Å². The van der Waals surface area contributed by atoms with E-state index in [1.807, 2.05) is 12.1 Å². The Kier molecular flexibility index (Phi) is 4.40. The minimum absolute atomic E-state index is 0.842. The van der Waals surface area contributed by atoms with Crippen molar-refractivity contribution in [1.82, 2.24) is 0 Å². The van der Waals surface area contributed by atoms with E-state index in [4.69, 9.17) is 5.73 Å². The first-order chi connectivity index (χ1) is 8.78. The summed E-state index contributed by atoms with van der Waals surface area (Å²) in [7, 11) is 0. The lowest BCUT2D eigenvalue weighted by Gasteiger charge is -2.04. The molecule has 0 saturated carbocycles. The van der Waals surface area contributed by atoms with E-state index < -0.39 is 0 Å². The topological polar surface area (TPSA) is 26.0 Å². The molecule has 18 heavy (non-hydrogen) atoms. The molecule has 0 aliphatic heterocycles. The number of nitrogen functional groups attached to an aromatic ring is 1. The number of benzene rings is 2. The Morgan fingerprint density at radius 1 is 0.722 bits per heavy atom. The van der Waals surface area contributed by atoms with Crippen LogP contribution in [0.2, 0.25) is 0 Å². The molecule has 0 bridgehead atoms. The van der Waals surface area contributed by atoms with Crippen LogP contribution in [0.4, 0.5) is 5.69 Å². The number of rotatable bonds is 5. The van der Waals surface area contributed by atoms with Gasteiger partial charge >= 0.3 is 0 Å². The standard InChI is InChI=1S/C17H21N/c1-2-14-6-8-15(9-7-14)4-3-5-16-10-12-17(18)13-11-16/h6-13H,2-5,18H2,1H3. The van der Waals surface area contributed by atoms with E-state index >= 15 is 0 Å². The molecule has 0 aromatic heterocycles. The maximum atomic E-state index is 5.67. The van der Waals surface area contributed by atoms with Crippen LogP contribution in [0.3, 0.4) is 0 Å². The summed E-state index contributed by atoms with van der Waals surface area (Å²) in [5.74, 6) is 0. The van der Waals surface area contributed by atoms with Gasteiger partial charge in [0.15, 0.2) is 0 Å². The summed E-state index contributed by atoms with van der Waals surface area (Å²) in [5.41, 5.74) is 10.7. The zero-order valence-corrected chi connectivity index (χ0v) is 11.0. The number of hydrogen-bond acceptors (Lipinski definition) is 1. The lowest BCUT2D eigenvalue weighted by molar-refractivity contribution is 0.820. The van der Waals surface area contributed by atoms with Gasteiger partial charge in [0.05, 0.1) is 0 Å². The average molecular weight is 239 g/mol. The molecule has 1 nitrogen and oxygen atoms in total. The third-order valence-electron chi connectivity index (χ3n) is 3.34. The number of nitrogens with two attached hydrogens (primary N) is 1. The van der Waals surface area contributed by atoms with Gasteiger partial charge in [0.1, 0.15) is 0 Å². The van der Waals surface area contributed by atoms with Gasteiger partial charge in [-0.15, -0.1) is 0 Å². The predicted molar refractivity (Wildman–Crippen MR) is 78.7 cm³/mol. The second kappa shape index (κ2) is 6.25. The molecular weight excluding hydrogens is 218 g/mol. The molecule has 94 valence electrons. The SMILES string of the molecule is CCc1ccc(CCCc2ccc(N)cc2)cc1. The molecule has 2 aromatic carbocycles. The molecule has 2 rings (SSSR count). The van der Waals surface area contributed by atoms with Crippen LogP contribution in [-0.4, -0.2) is 0 Å². The molecule has 0 aliphatic rings. The third kappa shape index (κ3) is 3.63. The Morgan fingerprint density at radius 2 is 1.17 bits per heavy atom. The van der Waals surface area contributed by atoms with E-state index in [1.165, 1.54) is 23.1 Å². The van der Waals surface area contributed by atoms with Crippen molar-refractivity contribution < 1.29 is 0 Å². The van der Waals surface area contributed by atoms with Crippen molar-refractivity contribution in [2.45, 2.75) is 32.6 Å². The van der Waals surface area contributed by atoms with Crippen molar-refractivity contribution >= 4 is 5.69 Å². The quantitative estimate of drug-likeness (QED) is 0.784. The van der Waals surface area contributed by atoms with Crippen molar-refractivity contribution in [2.75, 3.05) is 5.73 Å². The molecule has 0 unspecified atom stereocenters.